The van der Waals surface area contributed by atoms with Gasteiger partial charge in [-0.15, -0.1) is 0 Å². The molecule has 3 N–H and O–H groups in total. The van der Waals surface area contributed by atoms with Crippen molar-refractivity contribution in [2.45, 2.75) is 26.3 Å². The fraction of sp³-hybridized carbons (Fsp3) is 0.500. The topological polar surface area (TPSA) is 87.6 Å². The van der Waals surface area contributed by atoms with Gasteiger partial charge in [-0.3, -0.25) is 9.55 Å². The number of unbranched alkanes of at least 4 members (excludes halogenated alkanes) is 1. The highest BCUT2D eigenvalue weighted by molar-refractivity contribution is 5.44. The van der Waals surface area contributed by atoms with E-state index in [-0.39, 0.29) is 17.2 Å². The number of nitrogens with two attached hydrogens (primary N) is 1. The molecule has 0 saturated carbocycles. The van der Waals surface area contributed by atoms with Crippen molar-refractivity contribution in [3.63, 3.8) is 0 Å². The van der Waals surface area contributed by atoms with Crippen molar-refractivity contribution >= 4 is 5.82 Å². The van der Waals surface area contributed by atoms with Crippen LogP contribution in [0.1, 0.15) is 25.5 Å². The predicted octanol–water partition coefficient (Wildman–Crippen LogP) is 0.430. The number of hydrogen-bond acceptors (Lipinski definition) is 3. The van der Waals surface area contributed by atoms with Crippen LogP contribution in [0, 0.1) is 11.3 Å². The summed E-state index contributed by atoms with van der Waals surface area (Å²) in [6.45, 7) is 2.60. The molecule has 0 aromatic carbocycles. The Bertz CT molecular complexity index is 382. The summed E-state index contributed by atoms with van der Waals surface area (Å²) in [5, 5.41) is 8.57. The summed E-state index contributed by atoms with van der Waals surface area (Å²) in [6, 6.07) is 1.83. The summed E-state index contributed by atoms with van der Waals surface area (Å²) in [7, 11) is 0. The van der Waals surface area contributed by atoms with Crippen LogP contribution >= 0.6 is 0 Å². The first-order chi connectivity index (χ1) is 6.20. The quantitative estimate of drug-likeness (QED) is 0.707. The number of nitrogens with zero attached hydrogens (tertiary/aromatic N) is 2. The molecular weight excluding hydrogens is 168 g/mol. The van der Waals surface area contributed by atoms with Crippen LogP contribution in [0.15, 0.2) is 4.79 Å². The van der Waals surface area contributed by atoms with Crippen LogP contribution in [-0.2, 0) is 6.54 Å². The Balaban J connectivity index is 3.01. The van der Waals surface area contributed by atoms with Crippen molar-refractivity contribution in [3.05, 3.63) is 16.2 Å². The number of nitriles is 1. The minimum absolute atomic E-state index is 0.154. The van der Waals surface area contributed by atoms with E-state index in [0.29, 0.717) is 6.54 Å². The Morgan fingerprint density at radius 2 is 2.38 bits per heavy atom. The van der Waals surface area contributed by atoms with E-state index in [1.54, 1.807) is 0 Å². The average molecular weight is 180 g/mol. The molecule has 0 fully saturated rings. The van der Waals surface area contributed by atoms with Crippen LogP contribution in [0.4, 0.5) is 5.82 Å². The lowest BCUT2D eigenvalue weighted by Gasteiger charge is -2.00. The van der Waals surface area contributed by atoms with Gasteiger partial charge in [-0.05, 0) is 6.42 Å². The molecule has 0 spiro atoms. The average Bonchev–Trinajstić information content (AvgIpc) is 2.39. The van der Waals surface area contributed by atoms with Crippen molar-refractivity contribution in [1.82, 2.24) is 9.55 Å². The molecule has 0 aliphatic heterocycles. The maximum absolute atomic E-state index is 11.2. The number of anilines is 1. The zero-order chi connectivity index (χ0) is 9.84. The Morgan fingerprint density at radius 3 is 2.85 bits per heavy atom. The maximum Gasteiger partial charge on any atom is 0.328 e. The molecule has 13 heavy (non-hydrogen) atoms. The molecule has 5 heteroatoms. The monoisotopic (exact) mass is 180 g/mol. The summed E-state index contributed by atoms with van der Waals surface area (Å²) in [5.74, 6) is 0.237. The molecule has 0 atom stereocenters. The second kappa shape index (κ2) is 3.81. The number of imidazole rings is 1. The van der Waals surface area contributed by atoms with Crippen LogP contribution in [0.3, 0.4) is 0 Å². The molecule has 70 valence electrons. The summed E-state index contributed by atoms with van der Waals surface area (Å²) in [5.41, 5.74) is 5.42. The fourth-order valence-corrected chi connectivity index (χ4v) is 1.11. The van der Waals surface area contributed by atoms with Gasteiger partial charge in [0.25, 0.3) is 0 Å². The largest absolute Gasteiger partial charge is 0.383 e. The molecule has 0 unspecified atom stereocenters. The third-order valence-electron chi connectivity index (χ3n) is 1.87. The van der Waals surface area contributed by atoms with Crippen molar-refractivity contribution in [1.29, 1.82) is 5.26 Å². The Morgan fingerprint density at radius 1 is 1.69 bits per heavy atom. The summed E-state index contributed by atoms with van der Waals surface area (Å²) >= 11 is 0. The number of nitrogens with one attached hydrogen (secondary N) is 1. The number of rotatable bonds is 3. The lowest BCUT2D eigenvalue weighted by Crippen LogP contribution is -2.18. The Hall–Kier alpha value is -1.70. The minimum atomic E-state index is -0.303. The van der Waals surface area contributed by atoms with E-state index in [4.69, 9.17) is 11.0 Å². The van der Waals surface area contributed by atoms with Gasteiger partial charge in [0.2, 0.25) is 0 Å². The molecule has 1 aromatic heterocycles. The van der Waals surface area contributed by atoms with Gasteiger partial charge in [0.1, 0.15) is 11.9 Å². The van der Waals surface area contributed by atoms with Crippen molar-refractivity contribution in [2.24, 2.45) is 0 Å². The smallest absolute Gasteiger partial charge is 0.328 e. The predicted molar refractivity (Wildman–Crippen MR) is 49.1 cm³/mol. The Labute approximate surface area is 75.8 Å². The zero-order valence-corrected chi connectivity index (χ0v) is 7.50. The molecule has 0 saturated heterocycles. The Kier molecular flexibility index (Phi) is 2.75. The van der Waals surface area contributed by atoms with E-state index in [2.05, 4.69) is 4.98 Å². The van der Waals surface area contributed by atoms with Gasteiger partial charge in [-0.25, -0.2) is 4.79 Å². The third-order valence-corrected chi connectivity index (χ3v) is 1.87. The molecule has 0 aliphatic rings. The number of aromatic amines is 1. The first-order valence-electron chi connectivity index (χ1n) is 4.19. The van der Waals surface area contributed by atoms with Crippen molar-refractivity contribution in [3.8, 4) is 6.07 Å². The molecule has 1 heterocycles. The summed E-state index contributed by atoms with van der Waals surface area (Å²) < 4.78 is 1.39. The molecule has 0 radical (unpaired) electrons. The van der Waals surface area contributed by atoms with Crippen LogP contribution in [0.25, 0.3) is 0 Å². The van der Waals surface area contributed by atoms with Gasteiger partial charge in [0.15, 0.2) is 5.69 Å². The lowest BCUT2D eigenvalue weighted by molar-refractivity contribution is 0.621. The molecule has 1 rings (SSSR count). The fourth-order valence-electron chi connectivity index (χ4n) is 1.11. The number of aromatic nitrogens is 2. The van der Waals surface area contributed by atoms with E-state index in [1.807, 2.05) is 13.0 Å². The van der Waals surface area contributed by atoms with Crippen LogP contribution in [0.5, 0.6) is 0 Å². The standard InChI is InChI=1S/C8H12N4O/c1-2-3-4-12-7(10)6(5-9)11-8(12)13/h2-4,10H2,1H3,(H,11,13). The molecule has 0 aliphatic carbocycles. The van der Waals surface area contributed by atoms with E-state index in [1.165, 1.54) is 4.57 Å². The van der Waals surface area contributed by atoms with E-state index < -0.39 is 0 Å². The second-order valence-electron chi connectivity index (χ2n) is 2.81. The van der Waals surface area contributed by atoms with Crippen molar-refractivity contribution in [2.75, 3.05) is 5.73 Å². The first kappa shape index (κ1) is 9.39. The summed E-state index contributed by atoms with van der Waals surface area (Å²) in [6.07, 6.45) is 1.87. The lowest BCUT2D eigenvalue weighted by atomic mass is 10.3. The molecule has 5 nitrogen and oxygen atoms in total. The number of hydrogen-bond donors (Lipinski definition) is 2. The zero-order valence-electron chi connectivity index (χ0n) is 7.50. The van der Waals surface area contributed by atoms with Crippen LogP contribution < -0.4 is 11.4 Å². The van der Waals surface area contributed by atoms with Crippen molar-refractivity contribution < 1.29 is 0 Å². The highest BCUT2D eigenvalue weighted by Gasteiger charge is 2.08. The van der Waals surface area contributed by atoms with E-state index >= 15 is 0 Å². The van der Waals surface area contributed by atoms with E-state index in [0.717, 1.165) is 12.8 Å². The first-order valence-corrected chi connectivity index (χ1v) is 4.19. The van der Waals surface area contributed by atoms with Gasteiger partial charge in [-0.2, -0.15) is 5.26 Å². The third kappa shape index (κ3) is 1.72. The minimum Gasteiger partial charge on any atom is -0.383 e. The van der Waals surface area contributed by atoms with Gasteiger partial charge >= 0.3 is 5.69 Å². The molecule has 0 bridgehead atoms. The number of H-pyrrole nitrogens is 1. The van der Waals surface area contributed by atoms with Gasteiger partial charge in [0, 0.05) is 6.54 Å². The van der Waals surface area contributed by atoms with Crippen LogP contribution in [0.2, 0.25) is 0 Å². The summed E-state index contributed by atoms with van der Waals surface area (Å²) in [4.78, 5) is 13.6. The normalized spacial score (nSPS) is 9.85. The highest BCUT2D eigenvalue weighted by Crippen LogP contribution is 2.05. The molecule has 0 amide bonds. The van der Waals surface area contributed by atoms with Gasteiger partial charge in [0.05, 0.1) is 0 Å². The molecular formula is C8H12N4O. The number of nitrogen functional groups attached to an aromatic ring is 1. The highest BCUT2D eigenvalue weighted by atomic mass is 16.1. The SMILES string of the molecule is CCCCn1c(N)c(C#N)[nH]c1=O. The van der Waals surface area contributed by atoms with Gasteiger partial charge < -0.3 is 5.73 Å². The van der Waals surface area contributed by atoms with Crippen LogP contribution in [-0.4, -0.2) is 9.55 Å². The van der Waals surface area contributed by atoms with Gasteiger partial charge in [-0.1, -0.05) is 13.3 Å². The molecule has 1 aromatic rings. The maximum atomic E-state index is 11.2. The second-order valence-corrected chi connectivity index (χ2v) is 2.81. The van der Waals surface area contributed by atoms with E-state index in [9.17, 15) is 4.79 Å².